The largest absolute Gasteiger partial charge is 0.325 e. The normalized spacial score (nSPS) is 9.77. The molecule has 70 valence electrons. The van der Waals surface area contributed by atoms with Crippen molar-refractivity contribution in [3.63, 3.8) is 0 Å². The minimum atomic E-state index is -1.08. The number of halogens is 3. The van der Waals surface area contributed by atoms with Gasteiger partial charge in [0.25, 0.3) is 5.56 Å². The summed E-state index contributed by atoms with van der Waals surface area (Å²) >= 11 is 10.2. The molecule has 0 atom stereocenters. The number of hydrogen-bond acceptors (Lipinski definition) is 2. The van der Waals surface area contributed by atoms with E-state index >= 15 is 0 Å². The van der Waals surface area contributed by atoms with Gasteiger partial charge in [0.1, 0.15) is 4.49 Å². The van der Waals surface area contributed by atoms with Gasteiger partial charge in [-0.15, -0.1) is 0 Å². The summed E-state index contributed by atoms with van der Waals surface area (Å²) in [5, 5.41) is 0. The second-order valence-electron chi connectivity index (χ2n) is 2.06. The molecule has 1 aromatic rings. The Morgan fingerprint density at radius 1 is 1.38 bits per heavy atom. The Labute approximate surface area is 81.0 Å². The van der Waals surface area contributed by atoms with Crippen LogP contribution in [-0.4, -0.2) is 9.97 Å². The van der Waals surface area contributed by atoms with Crippen molar-refractivity contribution in [2.75, 3.05) is 0 Å². The van der Waals surface area contributed by atoms with Crippen molar-refractivity contribution in [2.24, 2.45) is 0 Å². The molecule has 1 rings (SSSR count). The van der Waals surface area contributed by atoms with E-state index < -0.39 is 27.1 Å². The molecule has 0 aliphatic rings. The lowest BCUT2D eigenvalue weighted by Crippen LogP contribution is -2.23. The number of H-pyrrole nitrogens is 2. The molecule has 7 heteroatoms. The quantitative estimate of drug-likeness (QED) is 0.752. The maximum Gasteiger partial charge on any atom is 0.325 e. The van der Waals surface area contributed by atoms with Crippen molar-refractivity contribution >= 4 is 29.0 Å². The Morgan fingerprint density at radius 3 is 2.46 bits per heavy atom. The van der Waals surface area contributed by atoms with Crippen LogP contribution in [0.3, 0.4) is 0 Å². The maximum atomic E-state index is 12.9. The van der Waals surface area contributed by atoms with Crippen molar-refractivity contribution in [1.82, 2.24) is 9.97 Å². The fraction of sp³-hybridized carbons (Fsp3) is 0. The summed E-state index contributed by atoms with van der Waals surface area (Å²) in [7, 11) is 0. The molecule has 0 aliphatic heterocycles. The van der Waals surface area contributed by atoms with E-state index in [1.165, 1.54) is 0 Å². The lowest BCUT2D eigenvalue weighted by molar-refractivity contribution is 0.753. The fourth-order valence-electron chi connectivity index (χ4n) is 0.675. The lowest BCUT2D eigenvalue weighted by atomic mass is 10.3. The first-order chi connectivity index (χ1) is 6.02. The van der Waals surface area contributed by atoms with Gasteiger partial charge in [0.2, 0.25) is 0 Å². The Morgan fingerprint density at radius 2 is 2.00 bits per heavy atom. The SMILES string of the molecule is O=c1[nH]cc(C(F)=C(Cl)Cl)c(=O)[nH]1. The van der Waals surface area contributed by atoms with E-state index in [0.29, 0.717) is 0 Å². The molecule has 0 unspecified atom stereocenters. The first-order valence-corrected chi connectivity index (χ1v) is 3.81. The van der Waals surface area contributed by atoms with Crippen LogP contribution in [0.15, 0.2) is 20.3 Å². The summed E-state index contributed by atoms with van der Waals surface area (Å²) in [6, 6.07) is 0. The summed E-state index contributed by atoms with van der Waals surface area (Å²) < 4.78 is 12.3. The summed E-state index contributed by atoms with van der Waals surface area (Å²) in [6.45, 7) is 0. The number of aromatic nitrogens is 2. The van der Waals surface area contributed by atoms with Gasteiger partial charge in [0.05, 0.1) is 5.56 Å². The second kappa shape index (κ2) is 3.76. The predicted octanol–water partition coefficient (Wildman–Crippen LogP) is 1.14. The van der Waals surface area contributed by atoms with E-state index in [9.17, 15) is 14.0 Å². The van der Waals surface area contributed by atoms with Crippen molar-refractivity contribution in [1.29, 1.82) is 0 Å². The highest BCUT2D eigenvalue weighted by atomic mass is 35.5. The van der Waals surface area contributed by atoms with E-state index in [0.717, 1.165) is 6.20 Å². The summed E-state index contributed by atoms with van der Waals surface area (Å²) in [5.74, 6) is -1.08. The second-order valence-corrected chi connectivity index (χ2v) is 3.01. The molecule has 0 radical (unpaired) electrons. The summed E-state index contributed by atoms with van der Waals surface area (Å²) in [6.07, 6.45) is 0.890. The monoisotopic (exact) mass is 224 g/mol. The van der Waals surface area contributed by atoms with Crippen LogP contribution in [0.25, 0.3) is 5.83 Å². The summed E-state index contributed by atoms with van der Waals surface area (Å²) in [5.41, 5.74) is -2.04. The molecule has 4 nitrogen and oxygen atoms in total. The number of nitrogens with one attached hydrogen (secondary N) is 2. The van der Waals surface area contributed by atoms with E-state index in [4.69, 9.17) is 23.2 Å². The predicted molar refractivity (Wildman–Crippen MR) is 47.4 cm³/mol. The van der Waals surface area contributed by atoms with Crippen LogP contribution in [0.5, 0.6) is 0 Å². The van der Waals surface area contributed by atoms with E-state index in [-0.39, 0.29) is 0 Å². The standard InChI is InChI=1S/C6H3Cl2FN2O2/c7-4(8)3(9)2-1-10-6(13)11-5(2)12/h1H,(H2,10,11,12,13). The zero-order valence-corrected chi connectivity index (χ0v) is 7.54. The number of aromatic amines is 2. The molecular weight excluding hydrogens is 222 g/mol. The third-order valence-electron chi connectivity index (χ3n) is 1.22. The lowest BCUT2D eigenvalue weighted by Gasteiger charge is -1.94. The molecule has 0 spiro atoms. The first-order valence-electron chi connectivity index (χ1n) is 3.05. The van der Waals surface area contributed by atoms with Crippen LogP contribution in [0.2, 0.25) is 0 Å². The van der Waals surface area contributed by atoms with E-state index in [1.54, 1.807) is 0 Å². The molecule has 2 N–H and O–H groups in total. The van der Waals surface area contributed by atoms with Gasteiger partial charge in [-0.05, 0) is 0 Å². The highest BCUT2D eigenvalue weighted by Gasteiger charge is 2.09. The third kappa shape index (κ3) is 2.19. The molecule has 1 aromatic heterocycles. The van der Waals surface area contributed by atoms with Crippen LogP contribution in [0, 0.1) is 0 Å². The Balaban J connectivity index is 3.42. The van der Waals surface area contributed by atoms with Crippen LogP contribution >= 0.6 is 23.2 Å². The van der Waals surface area contributed by atoms with Crippen LogP contribution in [0.1, 0.15) is 5.56 Å². The fourth-order valence-corrected chi connectivity index (χ4v) is 0.878. The highest BCUT2D eigenvalue weighted by molar-refractivity contribution is 6.58. The molecule has 0 saturated heterocycles. The zero-order valence-electron chi connectivity index (χ0n) is 6.03. The minimum Gasteiger partial charge on any atom is -0.313 e. The zero-order chi connectivity index (χ0) is 10.0. The van der Waals surface area contributed by atoms with Gasteiger partial charge >= 0.3 is 5.69 Å². The van der Waals surface area contributed by atoms with Gasteiger partial charge < -0.3 is 4.98 Å². The van der Waals surface area contributed by atoms with Crippen LogP contribution in [-0.2, 0) is 0 Å². The Bertz CT molecular complexity index is 458. The number of rotatable bonds is 1. The van der Waals surface area contributed by atoms with E-state index in [1.807, 2.05) is 4.98 Å². The van der Waals surface area contributed by atoms with Gasteiger partial charge in [-0.3, -0.25) is 9.78 Å². The molecule has 0 saturated carbocycles. The van der Waals surface area contributed by atoms with Crippen molar-refractivity contribution in [3.05, 3.63) is 37.1 Å². The summed E-state index contributed by atoms with van der Waals surface area (Å²) in [4.78, 5) is 25.3. The third-order valence-corrected chi connectivity index (χ3v) is 1.55. The molecule has 0 amide bonds. The van der Waals surface area contributed by atoms with Gasteiger partial charge in [0, 0.05) is 6.20 Å². The Hall–Kier alpha value is -1.07. The van der Waals surface area contributed by atoms with E-state index in [2.05, 4.69) is 4.98 Å². The molecule has 0 aliphatic carbocycles. The van der Waals surface area contributed by atoms with Gasteiger partial charge in [-0.1, -0.05) is 23.2 Å². The van der Waals surface area contributed by atoms with Gasteiger partial charge in [-0.25, -0.2) is 9.18 Å². The molecule has 0 aromatic carbocycles. The molecule has 0 bridgehead atoms. The minimum absolute atomic E-state index is 0.417. The molecule has 1 heterocycles. The Kier molecular flexibility index (Phi) is 2.90. The van der Waals surface area contributed by atoms with Crippen molar-refractivity contribution in [3.8, 4) is 0 Å². The molecular formula is C6H3Cl2FN2O2. The van der Waals surface area contributed by atoms with Crippen molar-refractivity contribution in [2.45, 2.75) is 0 Å². The molecule has 0 fully saturated rings. The van der Waals surface area contributed by atoms with Crippen LogP contribution < -0.4 is 11.2 Å². The topological polar surface area (TPSA) is 65.7 Å². The van der Waals surface area contributed by atoms with Crippen molar-refractivity contribution < 1.29 is 4.39 Å². The van der Waals surface area contributed by atoms with Gasteiger partial charge in [0.15, 0.2) is 5.83 Å². The number of hydrogen-bond donors (Lipinski definition) is 2. The van der Waals surface area contributed by atoms with Crippen LogP contribution in [0.4, 0.5) is 4.39 Å². The van der Waals surface area contributed by atoms with Gasteiger partial charge in [-0.2, -0.15) is 0 Å². The molecule has 13 heavy (non-hydrogen) atoms. The average Bonchev–Trinajstić information content (AvgIpc) is 2.03. The average molecular weight is 225 g/mol. The highest BCUT2D eigenvalue weighted by Crippen LogP contribution is 2.21. The first kappa shape index (κ1) is 10.0. The maximum absolute atomic E-state index is 12.9. The smallest absolute Gasteiger partial charge is 0.313 e.